The van der Waals surface area contributed by atoms with Crippen molar-refractivity contribution in [2.75, 3.05) is 5.32 Å². The molecule has 9 heteroatoms. The van der Waals surface area contributed by atoms with E-state index in [4.69, 9.17) is 0 Å². The monoisotopic (exact) mass is 395 g/mol. The molecule has 0 aliphatic rings. The Morgan fingerprint density at radius 1 is 1.26 bits per heavy atom. The first-order valence-electron chi connectivity index (χ1n) is 8.05. The number of benzene rings is 1. The first-order chi connectivity index (χ1) is 12.6. The van der Waals surface area contributed by atoms with E-state index in [0.29, 0.717) is 10.2 Å². The van der Waals surface area contributed by atoms with Crippen molar-refractivity contribution >= 4 is 33.1 Å². The number of alkyl halides is 3. The molecule has 27 heavy (non-hydrogen) atoms. The highest BCUT2D eigenvalue weighted by Gasteiger charge is 2.34. The SMILES string of the molecule is Cc1sc2ncn([C@@H](C)C(=O)Nc3ccccc3C(F)(F)F)c(=O)c2c1C. The molecular formula is C18H16F3N3O2S. The fourth-order valence-corrected chi connectivity index (χ4v) is 3.71. The second kappa shape index (κ2) is 6.80. The lowest BCUT2D eigenvalue weighted by Crippen LogP contribution is -2.32. The van der Waals surface area contributed by atoms with Crippen molar-refractivity contribution in [3.63, 3.8) is 0 Å². The Kier molecular flexibility index (Phi) is 4.81. The molecule has 0 bridgehead atoms. The van der Waals surface area contributed by atoms with Crippen LogP contribution in [-0.2, 0) is 11.0 Å². The molecular weight excluding hydrogens is 379 g/mol. The summed E-state index contributed by atoms with van der Waals surface area (Å²) in [6, 6.07) is 3.66. The van der Waals surface area contributed by atoms with Gasteiger partial charge in [-0.3, -0.25) is 14.2 Å². The van der Waals surface area contributed by atoms with Gasteiger partial charge in [-0.05, 0) is 38.5 Å². The van der Waals surface area contributed by atoms with Crippen LogP contribution in [0.3, 0.4) is 0 Å². The predicted octanol–water partition coefficient (Wildman–Crippen LogP) is 4.29. The summed E-state index contributed by atoms with van der Waals surface area (Å²) in [6.07, 6.45) is -3.35. The van der Waals surface area contributed by atoms with E-state index >= 15 is 0 Å². The third-order valence-electron chi connectivity index (χ3n) is 4.40. The van der Waals surface area contributed by atoms with Crippen LogP contribution in [0.5, 0.6) is 0 Å². The Balaban J connectivity index is 1.96. The Hall–Kier alpha value is -2.68. The van der Waals surface area contributed by atoms with Crippen molar-refractivity contribution in [2.24, 2.45) is 0 Å². The molecule has 0 aliphatic heterocycles. The highest BCUT2D eigenvalue weighted by molar-refractivity contribution is 7.18. The fourth-order valence-electron chi connectivity index (χ4n) is 2.73. The van der Waals surface area contributed by atoms with Gasteiger partial charge in [0.15, 0.2) is 0 Å². The lowest BCUT2D eigenvalue weighted by Gasteiger charge is -2.17. The van der Waals surface area contributed by atoms with Gasteiger partial charge in [-0.2, -0.15) is 13.2 Å². The van der Waals surface area contributed by atoms with E-state index in [0.717, 1.165) is 21.1 Å². The zero-order valence-corrected chi connectivity index (χ0v) is 15.5. The number of aromatic nitrogens is 2. The number of fused-ring (bicyclic) bond motifs is 1. The molecule has 1 atom stereocenters. The van der Waals surface area contributed by atoms with Crippen molar-refractivity contribution in [3.8, 4) is 0 Å². The summed E-state index contributed by atoms with van der Waals surface area (Å²) >= 11 is 1.38. The maximum Gasteiger partial charge on any atom is 0.418 e. The molecule has 0 radical (unpaired) electrons. The molecule has 2 aromatic heterocycles. The molecule has 0 unspecified atom stereocenters. The van der Waals surface area contributed by atoms with Gasteiger partial charge in [-0.25, -0.2) is 4.98 Å². The number of rotatable bonds is 3. The van der Waals surface area contributed by atoms with Crippen molar-refractivity contribution in [1.82, 2.24) is 9.55 Å². The quantitative estimate of drug-likeness (QED) is 0.719. The zero-order chi connectivity index (χ0) is 19.9. The maximum atomic E-state index is 13.1. The molecule has 0 fully saturated rings. The van der Waals surface area contributed by atoms with Gasteiger partial charge in [0, 0.05) is 4.88 Å². The van der Waals surface area contributed by atoms with Crippen LogP contribution < -0.4 is 10.9 Å². The van der Waals surface area contributed by atoms with E-state index in [2.05, 4.69) is 10.3 Å². The summed E-state index contributed by atoms with van der Waals surface area (Å²) in [5.74, 6) is -0.737. The number of carbonyl (C=O) groups excluding carboxylic acids is 1. The number of carbonyl (C=O) groups is 1. The van der Waals surface area contributed by atoms with Gasteiger partial charge >= 0.3 is 6.18 Å². The summed E-state index contributed by atoms with van der Waals surface area (Å²) < 4.78 is 40.4. The van der Waals surface area contributed by atoms with Crippen LogP contribution in [0.1, 0.15) is 29.0 Å². The van der Waals surface area contributed by atoms with Crippen LogP contribution in [-0.4, -0.2) is 15.5 Å². The number of amides is 1. The molecule has 1 aromatic carbocycles. The predicted molar refractivity (Wildman–Crippen MR) is 98.1 cm³/mol. The minimum absolute atomic E-state index is 0.355. The van der Waals surface area contributed by atoms with Gasteiger partial charge in [-0.1, -0.05) is 12.1 Å². The second-order valence-corrected chi connectivity index (χ2v) is 7.33. The zero-order valence-electron chi connectivity index (χ0n) is 14.7. The number of thiophene rings is 1. The number of hydrogen-bond acceptors (Lipinski definition) is 4. The minimum Gasteiger partial charge on any atom is -0.324 e. The van der Waals surface area contributed by atoms with E-state index in [1.165, 1.54) is 42.8 Å². The van der Waals surface area contributed by atoms with Crippen molar-refractivity contribution in [3.05, 3.63) is 57.0 Å². The number of nitrogens with zero attached hydrogens (tertiary/aromatic N) is 2. The smallest absolute Gasteiger partial charge is 0.324 e. The molecule has 0 spiro atoms. The second-order valence-electron chi connectivity index (χ2n) is 6.13. The normalized spacial score (nSPS) is 13.0. The third-order valence-corrected chi connectivity index (χ3v) is 5.52. The minimum atomic E-state index is -4.60. The third kappa shape index (κ3) is 3.46. The number of para-hydroxylation sites is 1. The molecule has 0 aliphatic carbocycles. The summed E-state index contributed by atoms with van der Waals surface area (Å²) in [5, 5.41) is 2.69. The Morgan fingerprint density at radius 3 is 2.59 bits per heavy atom. The van der Waals surface area contributed by atoms with Gasteiger partial charge in [0.25, 0.3) is 5.56 Å². The van der Waals surface area contributed by atoms with Gasteiger partial charge in [0.2, 0.25) is 5.91 Å². The summed E-state index contributed by atoms with van der Waals surface area (Å²) in [6.45, 7) is 5.11. The topological polar surface area (TPSA) is 64.0 Å². The van der Waals surface area contributed by atoms with Gasteiger partial charge in [-0.15, -0.1) is 11.3 Å². The van der Waals surface area contributed by atoms with E-state index in [1.807, 2.05) is 6.92 Å². The summed E-state index contributed by atoms with van der Waals surface area (Å²) in [5.41, 5.74) is -0.909. The van der Waals surface area contributed by atoms with Crippen molar-refractivity contribution < 1.29 is 18.0 Å². The van der Waals surface area contributed by atoms with Crippen LogP contribution in [0.25, 0.3) is 10.2 Å². The molecule has 142 valence electrons. The van der Waals surface area contributed by atoms with Crippen LogP contribution >= 0.6 is 11.3 Å². The number of anilines is 1. The number of aryl methyl sites for hydroxylation is 2. The van der Waals surface area contributed by atoms with E-state index < -0.39 is 29.2 Å². The van der Waals surface area contributed by atoms with Crippen LogP contribution in [0.15, 0.2) is 35.4 Å². The van der Waals surface area contributed by atoms with Gasteiger partial charge in [0.05, 0.1) is 23.0 Å². The Bertz CT molecular complexity index is 1090. The highest BCUT2D eigenvalue weighted by Crippen LogP contribution is 2.34. The van der Waals surface area contributed by atoms with Crippen molar-refractivity contribution in [2.45, 2.75) is 33.0 Å². The molecule has 3 aromatic rings. The molecule has 0 saturated carbocycles. The van der Waals surface area contributed by atoms with Crippen LogP contribution in [0.2, 0.25) is 0 Å². The molecule has 2 heterocycles. The van der Waals surface area contributed by atoms with Crippen LogP contribution in [0.4, 0.5) is 18.9 Å². The average Bonchev–Trinajstić information content (AvgIpc) is 2.89. The molecule has 1 N–H and O–H groups in total. The Labute approximate surface area is 156 Å². The first kappa shape index (κ1) is 19.1. The van der Waals surface area contributed by atoms with Crippen LogP contribution in [0, 0.1) is 13.8 Å². The molecule has 3 rings (SSSR count). The number of hydrogen-bond donors (Lipinski definition) is 1. The standard InChI is InChI=1S/C18H16F3N3O2S/c1-9-11(3)27-16-14(9)17(26)24(8-22-16)10(2)15(25)23-13-7-5-4-6-12(13)18(19,20)21/h4-8,10H,1-3H3,(H,23,25)/t10-/m0/s1. The van der Waals surface area contributed by atoms with E-state index in [-0.39, 0.29) is 5.69 Å². The maximum absolute atomic E-state index is 13.1. The Morgan fingerprint density at radius 2 is 1.93 bits per heavy atom. The summed E-state index contributed by atoms with van der Waals surface area (Å²) in [4.78, 5) is 31.0. The van der Waals surface area contributed by atoms with Gasteiger partial charge in [0.1, 0.15) is 10.9 Å². The van der Waals surface area contributed by atoms with E-state index in [1.54, 1.807) is 6.92 Å². The van der Waals surface area contributed by atoms with Crippen molar-refractivity contribution in [1.29, 1.82) is 0 Å². The fraction of sp³-hybridized carbons (Fsp3) is 0.278. The average molecular weight is 395 g/mol. The number of halogens is 3. The lowest BCUT2D eigenvalue weighted by atomic mass is 10.1. The highest BCUT2D eigenvalue weighted by atomic mass is 32.1. The molecule has 1 amide bonds. The molecule has 0 saturated heterocycles. The van der Waals surface area contributed by atoms with E-state index in [9.17, 15) is 22.8 Å². The number of nitrogens with one attached hydrogen (secondary N) is 1. The molecule has 5 nitrogen and oxygen atoms in total. The summed E-state index contributed by atoms with van der Waals surface area (Å²) in [7, 11) is 0. The first-order valence-corrected chi connectivity index (χ1v) is 8.87. The lowest BCUT2D eigenvalue weighted by molar-refractivity contribution is -0.137. The van der Waals surface area contributed by atoms with Gasteiger partial charge < -0.3 is 5.32 Å². The largest absolute Gasteiger partial charge is 0.418 e.